The van der Waals surface area contributed by atoms with Crippen molar-refractivity contribution in [1.82, 2.24) is 34.7 Å². The molecule has 3 atom stereocenters. The molecule has 0 spiro atoms. The van der Waals surface area contributed by atoms with Crippen LogP contribution in [0, 0.1) is 0 Å². The first kappa shape index (κ1) is 23.2. The van der Waals surface area contributed by atoms with Gasteiger partial charge >= 0.3 is 0 Å². The van der Waals surface area contributed by atoms with E-state index in [4.69, 9.17) is 0 Å². The third kappa shape index (κ3) is 4.71. The molecule has 0 radical (unpaired) electrons. The molecule has 1 saturated heterocycles. The van der Waals surface area contributed by atoms with Crippen LogP contribution in [0.4, 0.5) is 21.7 Å². The van der Waals surface area contributed by atoms with Crippen molar-refractivity contribution in [3.05, 3.63) is 46.5 Å². The fourth-order valence-electron chi connectivity index (χ4n) is 4.47. The molecule has 2 fully saturated rings. The first-order chi connectivity index (χ1) is 17.0. The Hall–Kier alpha value is -3.51. The van der Waals surface area contributed by atoms with Crippen LogP contribution in [0.3, 0.4) is 0 Å². The van der Waals surface area contributed by atoms with Crippen molar-refractivity contribution in [2.24, 2.45) is 0 Å². The highest BCUT2D eigenvalue weighted by Gasteiger charge is 2.39. The van der Waals surface area contributed by atoms with E-state index in [-0.39, 0.29) is 17.2 Å². The van der Waals surface area contributed by atoms with Gasteiger partial charge in [0.2, 0.25) is 0 Å². The molecular weight excluding hydrogens is 453 g/mol. The molecule has 1 amide bonds. The first-order valence-corrected chi connectivity index (χ1v) is 11.8. The van der Waals surface area contributed by atoms with Crippen molar-refractivity contribution >= 4 is 28.9 Å². The summed E-state index contributed by atoms with van der Waals surface area (Å²) < 4.78 is 16.5. The van der Waals surface area contributed by atoms with Crippen LogP contribution in [0.15, 0.2) is 35.4 Å². The maximum absolute atomic E-state index is 13.3. The number of hydrogen-bond donors (Lipinski definition) is 4. The number of hydrogen-bond acceptors (Lipinski definition) is 8. The van der Waals surface area contributed by atoms with Crippen molar-refractivity contribution in [3.8, 4) is 0 Å². The number of nitrogens with one attached hydrogen (secondary N) is 4. The average molecular weight is 484 g/mol. The second-order valence-electron chi connectivity index (χ2n) is 9.01. The Labute approximate surface area is 201 Å². The lowest BCUT2D eigenvalue weighted by atomic mass is 10.2. The number of carbonyl (C=O) groups excluding carboxylic acids is 1. The summed E-state index contributed by atoms with van der Waals surface area (Å²) in [6.07, 6.45) is 3.46. The predicted octanol–water partition coefficient (Wildman–Crippen LogP) is 0.983. The third-order valence-electron chi connectivity index (χ3n) is 6.56. The molecule has 5 rings (SSSR count). The summed E-state index contributed by atoms with van der Waals surface area (Å²) in [5, 5.41) is 16.2. The molecule has 12 heteroatoms. The minimum Gasteiger partial charge on any atom is -0.373 e. The van der Waals surface area contributed by atoms with Crippen LogP contribution in [0.5, 0.6) is 0 Å². The van der Waals surface area contributed by atoms with Crippen molar-refractivity contribution in [2.45, 2.75) is 31.1 Å². The van der Waals surface area contributed by atoms with E-state index in [1.54, 1.807) is 23.7 Å². The Morgan fingerprint density at radius 2 is 2.14 bits per heavy atom. The highest BCUT2D eigenvalue weighted by atomic mass is 19.1. The summed E-state index contributed by atoms with van der Waals surface area (Å²) in [5.74, 6) is 0.546. The van der Waals surface area contributed by atoms with Gasteiger partial charge in [-0.1, -0.05) is 0 Å². The second kappa shape index (κ2) is 9.62. The molecule has 1 aliphatic heterocycles. The normalized spacial score (nSPS) is 21.9. The lowest BCUT2D eigenvalue weighted by Gasteiger charge is -2.18. The molecule has 3 aromatic heterocycles. The lowest BCUT2D eigenvalue weighted by molar-refractivity contribution is 0.0949. The number of likely N-dealkylation sites (tertiary alicyclic amines) is 1. The van der Waals surface area contributed by atoms with E-state index < -0.39 is 18.1 Å². The highest BCUT2D eigenvalue weighted by Crippen LogP contribution is 2.26. The van der Waals surface area contributed by atoms with E-state index >= 15 is 0 Å². The summed E-state index contributed by atoms with van der Waals surface area (Å²) in [4.78, 5) is 32.8. The minimum absolute atomic E-state index is 0.108. The fourth-order valence-corrected chi connectivity index (χ4v) is 4.47. The molecule has 0 unspecified atom stereocenters. The van der Waals surface area contributed by atoms with Gasteiger partial charge in [-0.05, 0) is 25.6 Å². The SMILES string of the molecule is CNCCN1CC[C@H](n2cccc(Nc3cc(NC)n4ncc(C(=O)N[C@@H]5C[C@@H]5F)c4n3)c2=O)C1. The zero-order valence-electron chi connectivity index (χ0n) is 19.8. The van der Waals surface area contributed by atoms with Gasteiger partial charge in [0.05, 0.1) is 18.3 Å². The number of amides is 1. The summed E-state index contributed by atoms with van der Waals surface area (Å²) in [6, 6.07) is 4.92. The highest BCUT2D eigenvalue weighted by molar-refractivity contribution is 6.00. The van der Waals surface area contributed by atoms with Gasteiger partial charge in [-0.2, -0.15) is 9.61 Å². The molecule has 186 valence electrons. The molecule has 4 heterocycles. The van der Waals surface area contributed by atoms with Crippen LogP contribution >= 0.6 is 0 Å². The Kier molecular flexibility index (Phi) is 6.39. The summed E-state index contributed by atoms with van der Waals surface area (Å²) >= 11 is 0. The van der Waals surface area contributed by atoms with Crippen LogP contribution in [0.25, 0.3) is 5.65 Å². The largest absolute Gasteiger partial charge is 0.373 e. The predicted molar refractivity (Wildman–Crippen MR) is 131 cm³/mol. The molecule has 4 N–H and O–H groups in total. The van der Waals surface area contributed by atoms with Gasteiger partial charge in [0.15, 0.2) is 5.65 Å². The van der Waals surface area contributed by atoms with E-state index in [1.165, 1.54) is 10.7 Å². The van der Waals surface area contributed by atoms with Gasteiger partial charge in [0.1, 0.15) is 29.1 Å². The number of nitrogens with zero attached hydrogens (tertiary/aromatic N) is 5. The standard InChI is InChI=1S/C23H30FN9O2/c1-25-6-9-31-8-5-14(13-31)32-7-3-4-17(23(32)35)28-19-11-20(26-2)33-21(30-19)15(12-27-33)22(34)29-18-10-16(18)24/h3-4,7,11-12,14,16,18,25-26H,5-6,8-10,13H2,1-2H3,(H,28,30)(H,29,34)/t14-,16-,18+/m0/s1. The van der Waals surface area contributed by atoms with Crippen LogP contribution < -0.4 is 26.8 Å². The molecule has 3 aromatic rings. The molecule has 1 saturated carbocycles. The molecule has 1 aliphatic carbocycles. The van der Waals surface area contributed by atoms with Crippen LogP contribution in [-0.2, 0) is 0 Å². The van der Waals surface area contributed by atoms with Gasteiger partial charge in [-0.3, -0.25) is 14.5 Å². The fraction of sp³-hybridized carbons (Fsp3) is 0.478. The number of halogens is 1. The van der Waals surface area contributed by atoms with Crippen molar-refractivity contribution in [2.75, 3.05) is 50.9 Å². The van der Waals surface area contributed by atoms with E-state index in [9.17, 15) is 14.0 Å². The molecule has 0 bridgehead atoms. The number of carbonyl (C=O) groups is 1. The van der Waals surface area contributed by atoms with Crippen LogP contribution in [-0.4, -0.2) is 82.5 Å². The Balaban J connectivity index is 1.40. The quantitative estimate of drug-likeness (QED) is 0.356. The summed E-state index contributed by atoms with van der Waals surface area (Å²) in [6.45, 7) is 3.64. The zero-order chi connectivity index (χ0) is 24.5. The monoisotopic (exact) mass is 483 g/mol. The van der Waals surface area contributed by atoms with Crippen molar-refractivity contribution in [3.63, 3.8) is 0 Å². The first-order valence-electron chi connectivity index (χ1n) is 11.8. The molecule has 2 aliphatic rings. The maximum atomic E-state index is 13.3. The van der Waals surface area contributed by atoms with E-state index in [1.807, 2.05) is 19.3 Å². The van der Waals surface area contributed by atoms with Gasteiger partial charge in [-0.25, -0.2) is 9.37 Å². The smallest absolute Gasteiger partial charge is 0.274 e. The number of fused-ring (bicyclic) bond motifs is 1. The number of rotatable bonds is 9. The van der Waals surface area contributed by atoms with Crippen LogP contribution in [0.1, 0.15) is 29.2 Å². The van der Waals surface area contributed by atoms with E-state index in [0.29, 0.717) is 29.4 Å². The zero-order valence-corrected chi connectivity index (χ0v) is 19.8. The number of anilines is 3. The van der Waals surface area contributed by atoms with Gasteiger partial charge in [0.25, 0.3) is 11.5 Å². The van der Waals surface area contributed by atoms with Gasteiger partial charge in [-0.15, -0.1) is 0 Å². The molecule has 35 heavy (non-hydrogen) atoms. The molecule has 0 aromatic carbocycles. The molecular formula is C23H30FN9O2. The lowest BCUT2D eigenvalue weighted by Crippen LogP contribution is -2.31. The number of pyridine rings is 1. The average Bonchev–Trinajstić information content (AvgIpc) is 3.23. The topological polar surface area (TPSA) is 121 Å². The second-order valence-corrected chi connectivity index (χ2v) is 9.01. The van der Waals surface area contributed by atoms with E-state index in [0.717, 1.165) is 32.6 Å². The Morgan fingerprint density at radius 3 is 2.89 bits per heavy atom. The number of aromatic nitrogens is 4. The minimum atomic E-state index is -1.01. The summed E-state index contributed by atoms with van der Waals surface area (Å²) in [7, 11) is 3.66. The van der Waals surface area contributed by atoms with Crippen molar-refractivity contribution in [1.29, 1.82) is 0 Å². The number of likely N-dealkylation sites (N-methyl/N-ethyl adjacent to an activating group) is 1. The Bertz CT molecular complexity index is 1290. The summed E-state index contributed by atoms with van der Waals surface area (Å²) in [5.41, 5.74) is 0.807. The Morgan fingerprint density at radius 1 is 1.31 bits per heavy atom. The maximum Gasteiger partial charge on any atom is 0.274 e. The van der Waals surface area contributed by atoms with Gasteiger partial charge < -0.3 is 25.8 Å². The van der Waals surface area contributed by atoms with Crippen LogP contribution in [0.2, 0.25) is 0 Å². The van der Waals surface area contributed by atoms with Gasteiger partial charge in [0, 0.05) is 51.9 Å². The van der Waals surface area contributed by atoms with Crippen molar-refractivity contribution < 1.29 is 9.18 Å². The number of alkyl halides is 1. The van der Waals surface area contributed by atoms with E-state index in [2.05, 4.69) is 36.2 Å². The third-order valence-corrected chi connectivity index (χ3v) is 6.56. The molecule has 11 nitrogen and oxygen atoms in total.